The highest BCUT2D eigenvalue weighted by molar-refractivity contribution is 6.00. The van der Waals surface area contributed by atoms with Crippen molar-refractivity contribution in [1.82, 2.24) is 9.97 Å². The van der Waals surface area contributed by atoms with Gasteiger partial charge in [0.05, 0.1) is 18.7 Å². The molecule has 0 unspecified atom stereocenters. The highest BCUT2D eigenvalue weighted by Crippen LogP contribution is 2.35. The molecule has 0 fully saturated rings. The number of aliphatic hydroxyl groups is 1. The summed E-state index contributed by atoms with van der Waals surface area (Å²) in [6.45, 7) is 10.1. The number of nitrogens with zero attached hydrogens (tertiary/aromatic N) is 3. The lowest BCUT2D eigenvalue weighted by Gasteiger charge is -2.24. The Bertz CT molecular complexity index is 962. The lowest BCUT2D eigenvalue weighted by atomic mass is 9.92. The van der Waals surface area contributed by atoms with Gasteiger partial charge in [-0.1, -0.05) is 29.8 Å². The average molecular weight is 380 g/mol. The van der Waals surface area contributed by atoms with Gasteiger partial charge in [-0.2, -0.15) is 0 Å². The summed E-state index contributed by atoms with van der Waals surface area (Å²) in [5.74, 6) is 1.57. The maximum atomic E-state index is 9.54. The van der Waals surface area contributed by atoms with Crippen molar-refractivity contribution in [3.05, 3.63) is 52.8 Å². The highest BCUT2D eigenvalue weighted by atomic mass is 16.5. The molecule has 3 rings (SSSR count). The molecule has 0 atom stereocenters. The van der Waals surface area contributed by atoms with Crippen LogP contribution in [0.3, 0.4) is 0 Å². The molecule has 0 bridgehead atoms. The number of rotatable bonds is 7. The third kappa shape index (κ3) is 4.01. The highest BCUT2D eigenvalue weighted by Gasteiger charge is 2.17. The molecule has 28 heavy (non-hydrogen) atoms. The second-order valence-electron chi connectivity index (χ2n) is 7.27. The van der Waals surface area contributed by atoms with E-state index in [-0.39, 0.29) is 6.61 Å². The first-order chi connectivity index (χ1) is 13.5. The minimum absolute atomic E-state index is 0.0597. The predicted octanol–water partition coefficient (Wildman–Crippen LogP) is 3.98. The van der Waals surface area contributed by atoms with Gasteiger partial charge < -0.3 is 14.7 Å². The number of para-hydroxylation sites is 1. The van der Waals surface area contributed by atoms with E-state index in [1.807, 2.05) is 6.92 Å². The second-order valence-corrected chi connectivity index (χ2v) is 7.27. The van der Waals surface area contributed by atoms with Crippen LogP contribution in [0.5, 0.6) is 0 Å². The monoisotopic (exact) mass is 379 g/mol. The lowest BCUT2D eigenvalue weighted by Crippen LogP contribution is -2.31. The van der Waals surface area contributed by atoms with Crippen molar-refractivity contribution in [2.45, 2.75) is 27.7 Å². The van der Waals surface area contributed by atoms with Crippen LogP contribution < -0.4 is 4.90 Å². The van der Waals surface area contributed by atoms with Crippen LogP contribution in [0.15, 0.2) is 30.3 Å². The maximum absolute atomic E-state index is 9.54. The molecule has 1 N–H and O–H groups in total. The van der Waals surface area contributed by atoms with E-state index in [1.165, 1.54) is 22.3 Å². The Morgan fingerprint density at radius 2 is 1.71 bits per heavy atom. The molecule has 0 saturated heterocycles. The van der Waals surface area contributed by atoms with E-state index < -0.39 is 0 Å². The average Bonchev–Trinajstić information content (AvgIpc) is 2.64. The molecule has 0 aliphatic rings. The molecular weight excluding hydrogens is 350 g/mol. The zero-order valence-electron chi connectivity index (χ0n) is 17.4. The van der Waals surface area contributed by atoms with Crippen LogP contribution in [0.4, 0.5) is 5.82 Å². The minimum atomic E-state index is 0.0597. The van der Waals surface area contributed by atoms with E-state index >= 15 is 0 Å². The van der Waals surface area contributed by atoms with Crippen molar-refractivity contribution < 1.29 is 9.84 Å². The molecule has 0 spiro atoms. The Morgan fingerprint density at radius 3 is 2.36 bits per heavy atom. The summed E-state index contributed by atoms with van der Waals surface area (Å²) in [4.78, 5) is 11.6. The molecule has 148 valence electrons. The van der Waals surface area contributed by atoms with Crippen LogP contribution >= 0.6 is 0 Å². The van der Waals surface area contributed by atoms with Crippen LogP contribution in [-0.2, 0) is 4.74 Å². The van der Waals surface area contributed by atoms with Crippen LogP contribution in [-0.4, -0.2) is 48.5 Å². The van der Waals surface area contributed by atoms with Crippen molar-refractivity contribution in [3.8, 4) is 11.1 Å². The predicted molar refractivity (Wildman–Crippen MR) is 115 cm³/mol. The Balaban J connectivity index is 2.25. The molecule has 1 aromatic heterocycles. The number of aromatic nitrogens is 2. The molecule has 1 heterocycles. The van der Waals surface area contributed by atoms with Crippen molar-refractivity contribution in [1.29, 1.82) is 0 Å². The summed E-state index contributed by atoms with van der Waals surface area (Å²) >= 11 is 0. The number of anilines is 1. The quantitative estimate of drug-likeness (QED) is 0.673. The van der Waals surface area contributed by atoms with Crippen LogP contribution in [0.1, 0.15) is 22.5 Å². The first kappa shape index (κ1) is 20.2. The van der Waals surface area contributed by atoms with Gasteiger partial charge in [0, 0.05) is 31.1 Å². The zero-order chi connectivity index (χ0) is 20.3. The molecule has 2 aromatic carbocycles. The van der Waals surface area contributed by atoms with Gasteiger partial charge in [-0.3, -0.25) is 0 Å². The van der Waals surface area contributed by atoms with Crippen molar-refractivity contribution in [2.75, 3.05) is 38.3 Å². The van der Waals surface area contributed by atoms with E-state index in [9.17, 15) is 5.11 Å². The van der Waals surface area contributed by atoms with Gasteiger partial charge in [0.25, 0.3) is 0 Å². The number of benzene rings is 2. The second kappa shape index (κ2) is 8.67. The minimum Gasteiger partial charge on any atom is -0.395 e. The summed E-state index contributed by atoms with van der Waals surface area (Å²) in [7, 11) is 1.68. The number of hydrogen-bond acceptors (Lipinski definition) is 5. The van der Waals surface area contributed by atoms with E-state index in [0.717, 1.165) is 28.1 Å². The Kier molecular flexibility index (Phi) is 6.27. The maximum Gasteiger partial charge on any atom is 0.140 e. The number of methoxy groups -OCH3 is 1. The fourth-order valence-electron chi connectivity index (χ4n) is 3.94. The summed E-state index contributed by atoms with van der Waals surface area (Å²) < 4.78 is 5.25. The molecule has 0 radical (unpaired) electrons. The van der Waals surface area contributed by atoms with Gasteiger partial charge >= 0.3 is 0 Å². The first-order valence-electron chi connectivity index (χ1n) is 9.66. The van der Waals surface area contributed by atoms with Crippen molar-refractivity contribution >= 4 is 16.7 Å². The summed E-state index contributed by atoms with van der Waals surface area (Å²) in [6, 6.07) is 10.7. The SMILES string of the molecule is COCCN(CCO)c1nc(C)nc2c(-c3c(C)cc(C)cc3C)cccc12. The fraction of sp³-hybridized carbons (Fsp3) is 0.391. The Morgan fingerprint density at radius 1 is 1.00 bits per heavy atom. The van der Waals surface area contributed by atoms with E-state index in [1.54, 1.807) is 7.11 Å². The first-order valence-corrected chi connectivity index (χ1v) is 9.66. The molecule has 0 amide bonds. The van der Waals surface area contributed by atoms with Gasteiger partial charge in [0.1, 0.15) is 11.6 Å². The third-order valence-corrected chi connectivity index (χ3v) is 5.00. The van der Waals surface area contributed by atoms with Gasteiger partial charge in [-0.15, -0.1) is 0 Å². The molecule has 3 aromatic rings. The number of aryl methyl sites for hydroxylation is 4. The van der Waals surface area contributed by atoms with Gasteiger partial charge in [0.15, 0.2) is 0 Å². The number of hydrogen-bond donors (Lipinski definition) is 1. The van der Waals surface area contributed by atoms with Crippen molar-refractivity contribution in [3.63, 3.8) is 0 Å². The molecular formula is C23H29N3O2. The number of aliphatic hydroxyl groups excluding tert-OH is 1. The molecule has 0 aliphatic carbocycles. The van der Waals surface area contributed by atoms with E-state index in [4.69, 9.17) is 14.7 Å². The van der Waals surface area contributed by atoms with Gasteiger partial charge in [0.2, 0.25) is 0 Å². The van der Waals surface area contributed by atoms with Crippen LogP contribution in [0, 0.1) is 27.7 Å². The number of ether oxygens (including phenoxy) is 1. The zero-order valence-corrected chi connectivity index (χ0v) is 17.4. The normalized spacial score (nSPS) is 11.2. The van der Waals surface area contributed by atoms with E-state index in [2.05, 4.69) is 56.0 Å². The standard InChI is InChI=1S/C23H29N3O2/c1-15-13-16(2)21(17(3)14-15)19-7-6-8-20-22(19)24-18(4)25-23(20)26(9-11-27)10-12-28-5/h6-8,13-14,27H,9-12H2,1-5H3. The fourth-order valence-corrected chi connectivity index (χ4v) is 3.94. The smallest absolute Gasteiger partial charge is 0.140 e. The van der Waals surface area contributed by atoms with Crippen LogP contribution in [0.25, 0.3) is 22.0 Å². The van der Waals surface area contributed by atoms with Gasteiger partial charge in [-0.05, 0) is 50.5 Å². The largest absolute Gasteiger partial charge is 0.395 e. The molecule has 5 heteroatoms. The Labute approximate surface area is 167 Å². The lowest BCUT2D eigenvalue weighted by molar-refractivity contribution is 0.202. The summed E-state index contributed by atoms with van der Waals surface area (Å²) in [5, 5.41) is 10.5. The van der Waals surface area contributed by atoms with E-state index in [0.29, 0.717) is 19.7 Å². The van der Waals surface area contributed by atoms with Crippen LogP contribution in [0.2, 0.25) is 0 Å². The topological polar surface area (TPSA) is 58.5 Å². The number of fused-ring (bicyclic) bond motifs is 1. The molecule has 0 saturated carbocycles. The molecule has 0 aliphatic heterocycles. The third-order valence-electron chi connectivity index (χ3n) is 5.00. The Hall–Kier alpha value is -2.50. The summed E-state index contributed by atoms with van der Waals surface area (Å²) in [6.07, 6.45) is 0. The van der Waals surface area contributed by atoms with Gasteiger partial charge in [-0.25, -0.2) is 9.97 Å². The van der Waals surface area contributed by atoms with Crippen molar-refractivity contribution in [2.24, 2.45) is 0 Å². The summed E-state index contributed by atoms with van der Waals surface area (Å²) in [5.41, 5.74) is 7.05. The molecule has 5 nitrogen and oxygen atoms in total.